The third-order valence-corrected chi connectivity index (χ3v) is 6.34. The third kappa shape index (κ3) is 3.81. The number of phenols is 1. The number of ether oxygens (including phenoxy) is 1. The Balaban J connectivity index is 1.90. The van der Waals surface area contributed by atoms with Crippen LogP contribution in [0.4, 0.5) is 0 Å². The molecule has 3 atom stereocenters. The summed E-state index contributed by atoms with van der Waals surface area (Å²) >= 11 is 0. The number of hydrogen-bond acceptors (Lipinski definition) is 3. The third-order valence-electron chi connectivity index (χ3n) is 6.34. The van der Waals surface area contributed by atoms with Crippen LogP contribution in [0.1, 0.15) is 76.3 Å². The maximum atomic E-state index is 10.8. The molecule has 0 amide bonds. The van der Waals surface area contributed by atoms with Gasteiger partial charge in [-0.1, -0.05) is 19.8 Å². The molecular weight excluding hydrogens is 310 g/mol. The van der Waals surface area contributed by atoms with Gasteiger partial charge in [0.2, 0.25) is 0 Å². The SMILES string of the molecule is CCCCCc1cc(O)c2c(c1)OC(C)(C)[C@@H]1CCC(CNC)CC21. The molecule has 0 bridgehead atoms. The Hall–Kier alpha value is -1.22. The van der Waals surface area contributed by atoms with E-state index in [0.717, 1.165) is 30.7 Å². The van der Waals surface area contributed by atoms with Gasteiger partial charge in [0.15, 0.2) is 0 Å². The first-order valence-electron chi connectivity index (χ1n) is 10.2. The van der Waals surface area contributed by atoms with Crippen molar-refractivity contribution in [3.05, 3.63) is 23.3 Å². The number of rotatable bonds is 6. The molecule has 0 saturated heterocycles. The molecule has 1 fully saturated rings. The number of phenolic OH excluding ortho intramolecular Hbond substituents is 1. The Bertz CT molecular complexity index is 596. The highest BCUT2D eigenvalue weighted by Crippen LogP contribution is 2.55. The van der Waals surface area contributed by atoms with Gasteiger partial charge < -0.3 is 15.2 Å². The number of aromatic hydroxyl groups is 1. The first-order chi connectivity index (χ1) is 12.0. The first-order valence-corrected chi connectivity index (χ1v) is 10.2. The van der Waals surface area contributed by atoms with E-state index in [1.54, 1.807) is 0 Å². The van der Waals surface area contributed by atoms with Crippen LogP contribution in [0.25, 0.3) is 0 Å². The van der Waals surface area contributed by atoms with Crippen molar-refractivity contribution in [1.82, 2.24) is 5.32 Å². The quantitative estimate of drug-likeness (QED) is 0.712. The van der Waals surface area contributed by atoms with Crippen molar-refractivity contribution in [3.8, 4) is 11.5 Å². The Labute approximate surface area is 153 Å². The van der Waals surface area contributed by atoms with Crippen LogP contribution >= 0.6 is 0 Å². The second-order valence-corrected chi connectivity index (χ2v) is 8.64. The minimum Gasteiger partial charge on any atom is -0.508 e. The summed E-state index contributed by atoms with van der Waals surface area (Å²) in [6, 6.07) is 4.19. The molecule has 1 heterocycles. The Morgan fingerprint density at radius 3 is 2.76 bits per heavy atom. The van der Waals surface area contributed by atoms with Crippen molar-refractivity contribution in [2.75, 3.05) is 13.6 Å². The molecule has 0 aromatic heterocycles. The van der Waals surface area contributed by atoms with E-state index >= 15 is 0 Å². The highest BCUT2D eigenvalue weighted by molar-refractivity contribution is 5.52. The van der Waals surface area contributed by atoms with Crippen LogP contribution in [0.15, 0.2) is 12.1 Å². The van der Waals surface area contributed by atoms with E-state index in [1.165, 1.54) is 37.7 Å². The van der Waals surface area contributed by atoms with E-state index < -0.39 is 0 Å². The van der Waals surface area contributed by atoms with E-state index in [9.17, 15) is 5.11 Å². The zero-order chi connectivity index (χ0) is 18.0. The lowest BCUT2D eigenvalue weighted by Gasteiger charge is -2.49. The van der Waals surface area contributed by atoms with Gasteiger partial charge in [-0.2, -0.15) is 0 Å². The summed E-state index contributed by atoms with van der Waals surface area (Å²) in [7, 11) is 2.04. The summed E-state index contributed by atoms with van der Waals surface area (Å²) in [6.45, 7) is 7.75. The molecule has 140 valence electrons. The normalized spacial score (nSPS) is 27.3. The fraction of sp³-hybridized carbons (Fsp3) is 0.727. The van der Waals surface area contributed by atoms with Gasteiger partial charge in [-0.3, -0.25) is 0 Å². The summed E-state index contributed by atoms with van der Waals surface area (Å²) in [5, 5.41) is 14.2. The second kappa shape index (κ2) is 7.57. The molecule has 1 aromatic rings. The van der Waals surface area contributed by atoms with Crippen LogP contribution in [0.3, 0.4) is 0 Å². The standard InChI is InChI=1S/C22H35NO2/c1-5-6-7-8-15-12-19(24)21-17-11-16(14-23-4)9-10-18(17)22(2,3)25-20(21)13-15/h12-13,16-18,23-24H,5-11,14H2,1-4H3/t16?,17?,18-/m1/s1. The molecule has 0 spiro atoms. The monoisotopic (exact) mass is 345 g/mol. The van der Waals surface area contributed by atoms with Gasteiger partial charge >= 0.3 is 0 Å². The lowest BCUT2D eigenvalue weighted by atomic mass is 9.64. The van der Waals surface area contributed by atoms with Crippen LogP contribution in [-0.4, -0.2) is 24.3 Å². The van der Waals surface area contributed by atoms with E-state index in [0.29, 0.717) is 23.5 Å². The zero-order valence-corrected chi connectivity index (χ0v) is 16.4. The largest absolute Gasteiger partial charge is 0.508 e. The zero-order valence-electron chi connectivity index (χ0n) is 16.4. The Kier molecular flexibility index (Phi) is 5.62. The van der Waals surface area contributed by atoms with Crippen LogP contribution < -0.4 is 10.1 Å². The van der Waals surface area contributed by atoms with Gasteiger partial charge in [0, 0.05) is 11.5 Å². The average molecular weight is 346 g/mol. The van der Waals surface area contributed by atoms with Crippen molar-refractivity contribution in [2.24, 2.45) is 11.8 Å². The molecule has 25 heavy (non-hydrogen) atoms. The van der Waals surface area contributed by atoms with Gasteiger partial charge in [-0.15, -0.1) is 0 Å². The topological polar surface area (TPSA) is 41.5 Å². The molecule has 1 aliphatic carbocycles. The van der Waals surface area contributed by atoms with Crippen molar-refractivity contribution >= 4 is 0 Å². The molecule has 3 rings (SSSR count). The maximum absolute atomic E-state index is 10.8. The lowest BCUT2D eigenvalue weighted by Crippen LogP contribution is -2.47. The van der Waals surface area contributed by atoms with Crippen molar-refractivity contribution in [1.29, 1.82) is 0 Å². The summed E-state index contributed by atoms with van der Waals surface area (Å²) in [5.74, 6) is 2.99. The van der Waals surface area contributed by atoms with E-state index in [1.807, 2.05) is 13.1 Å². The molecule has 2 unspecified atom stereocenters. The molecule has 0 radical (unpaired) electrons. The van der Waals surface area contributed by atoms with E-state index in [-0.39, 0.29) is 5.60 Å². The molecule has 3 nitrogen and oxygen atoms in total. The predicted octanol–water partition coefficient (Wildman–Crippen LogP) is 5.02. The molecule has 1 aromatic carbocycles. The number of fused-ring (bicyclic) bond motifs is 3. The van der Waals surface area contributed by atoms with Gasteiger partial charge in [-0.05, 0) is 89.1 Å². The average Bonchev–Trinajstić information content (AvgIpc) is 2.54. The molecule has 1 aliphatic heterocycles. The smallest absolute Gasteiger partial charge is 0.127 e. The fourth-order valence-electron chi connectivity index (χ4n) is 5.09. The number of benzene rings is 1. The predicted molar refractivity (Wildman–Crippen MR) is 104 cm³/mol. The number of hydrogen-bond donors (Lipinski definition) is 2. The van der Waals surface area contributed by atoms with Crippen LogP contribution in [-0.2, 0) is 6.42 Å². The van der Waals surface area contributed by atoms with E-state index in [4.69, 9.17) is 4.74 Å². The molecule has 2 aliphatic rings. The van der Waals surface area contributed by atoms with E-state index in [2.05, 4.69) is 32.2 Å². The maximum Gasteiger partial charge on any atom is 0.127 e. The molecular formula is C22H35NO2. The fourth-order valence-corrected chi connectivity index (χ4v) is 5.09. The molecule has 1 saturated carbocycles. The summed E-state index contributed by atoms with van der Waals surface area (Å²) in [5.41, 5.74) is 2.13. The summed E-state index contributed by atoms with van der Waals surface area (Å²) in [4.78, 5) is 0. The number of nitrogens with one attached hydrogen (secondary N) is 1. The van der Waals surface area contributed by atoms with Gasteiger partial charge in [0.25, 0.3) is 0 Å². The van der Waals surface area contributed by atoms with Crippen LogP contribution in [0.5, 0.6) is 11.5 Å². The summed E-state index contributed by atoms with van der Waals surface area (Å²) < 4.78 is 6.44. The number of unbranched alkanes of at least 4 members (excludes halogenated alkanes) is 2. The van der Waals surface area contributed by atoms with Crippen molar-refractivity contribution in [3.63, 3.8) is 0 Å². The Morgan fingerprint density at radius 2 is 2.04 bits per heavy atom. The van der Waals surface area contributed by atoms with Crippen LogP contribution in [0, 0.1) is 11.8 Å². The second-order valence-electron chi connectivity index (χ2n) is 8.64. The highest BCUT2D eigenvalue weighted by atomic mass is 16.5. The van der Waals surface area contributed by atoms with Gasteiger partial charge in [0.1, 0.15) is 17.1 Å². The molecule has 2 N–H and O–H groups in total. The summed E-state index contributed by atoms with van der Waals surface area (Å²) in [6.07, 6.45) is 8.23. The molecule has 3 heteroatoms. The first kappa shape index (κ1) is 18.6. The highest BCUT2D eigenvalue weighted by Gasteiger charge is 2.47. The minimum absolute atomic E-state index is 0.156. The lowest BCUT2D eigenvalue weighted by molar-refractivity contribution is -0.0158. The minimum atomic E-state index is -0.156. The van der Waals surface area contributed by atoms with Gasteiger partial charge in [-0.25, -0.2) is 0 Å². The van der Waals surface area contributed by atoms with Crippen molar-refractivity contribution < 1.29 is 9.84 Å². The van der Waals surface area contributed by atoms with Crippen LogP contribution in [0.2, 0.25) is 0 Å². The number of aryl methyl sites for hydroxylation is 1. The van der Waals surface area contributed by atoms with Gasteiger partial charge in [0.05, 0.1) is 0 Å². The van der Waals surface area contributed by atoms with Crippen molar-refractivity contribution in [2.45, 2.75) is 77.2 Å². The Morgan fingerprint density at radius 1 is 1.24 bits per heavy atom.